The lowest BCUT2D eigenvalue weighted by molar-refractivity contribution is 0.0931. The first-order valence-corrected chi connectivity index (χ1v) is 12.7. The summed E-state index contributed by atoms with van der Waals surface area (Å²) in [5.74, 6) is 5.94. The standard InChI is InChI=1S/C29H24N10O2/c1-18(33-28(40)25-26(30)35-23-12-7-15-31-38(23)25)27-34-22-11-6-8-20(14-13-19-16-32-37(2)17-19)24(22)29(41)39(27)36-21-9-4-3-5-10-21/h3-12,15-18,36H,30H2,1-2H3,(H,33,40). The van der Waals surface area contributed by atoms with Crippen LogP contribution >= 0.6 is 0 Å². The molecule has 4 aromatic heterocycles. The van der Waals surface area contributed by atoms with Crippen molar-refractivity contribution in [2.24, 2.45) is 7.05 Å². The van der Waals surface area contributed by atoms with Gasteiger partial charge in [-0.1, -0.05) is 36.1 Å². The number of amides is 1. The minimum Gasteiger partial charge on any atom is -0.382 e. The maximum Gasteiger partial charge on any atom is 0.281 e. The number of nitrogen functional groups attached to an aromatic ring is 1. The van der Waals surface area contributed by atoms with Gasteiger partial charge in [-0.3, -0.25) is 19.7 Å². The van der Waals surface area contributed by atoms with Gasteiger partial charge in [0.05, 0.1) is 34.4 Å². The molecule has 12 nitrogen and oxygen atoms in total. The second-order valence-electron chi connectivity index (χ2n) is 9.28. The SMILES string of the molecule is CC(NC(=O)c1c(N)nc2cccnn12)c1nc2cccc(C#Cc3cnn(C)c3)c2c(=O)n1Nc1ccccc1. The fraction of sp³-hybridized carbons (Fsp3) is 0.103. The third-order valence-corrected chi connectivity index (χ3v) is 6.35. The number of nitrogens with zero attached hydrogens (tertiary/aromatic N) is 7. The van der Waals surface area contributed by atoms with Crippen molar-refractivity contribution in [3.63, 3.8) is 0 Å². The van der Waals surface area contributed by atoms with Crippen LogP contribution in [0, 0.1) is 11.8 Å². The van der Waals surface area contributed by atoms with Crippen molar-refractivity contribution in [2.75, 3.05) is 11.2 Å². The Hall–Kier alpha value is -5.96. The molecule has 0 radical (unpaired) electrons. The van der Waals surface area contributed by atoms with Crippen LogP contribution in [0.1, 0.15) is 40.4 Å². The number of hydrogen-bond donors (Lipinski definition) is 3. The average Bonchev–Trinajstić information content (AvgIpc) is 3.55. The number of hydrogen-bond acceptors (Lipinski definition) is 8. The van der Waals surface area contributed by atoms with Crippen molar-refractivity contribution in [2.45, 2.75) is 13.0 Å². The van der Waals surface area contributed by atoms with E-state index in [0.717, 1.165) is 0 Å². The molecule has 202 valence electrons. The normalized spacial score (nSPS) is 11.7. The Kier molecular flexibility index (Phi) is 6.37. The number of carbonyl (C=O) groups is 1. The first-order chi connectivity index (χ1) is 19.9. The zero-order chi connectivity index (χ0) is 28.5. The summed E-state index contributed by atoms with van der Waals surface area (Å²) in [4.78, 5) is 36.4. The van der Waals surface area contributed by atoms with Gasteiger partial charge in [0.2, 0.25) is 0 Å². The molecular formula is C29H24N10O2. The first-order valence-electron chi connectivity index (χ1n) is 12.7. The Labute approximate surface area is 233 Å². The van der Waals surface area contributed by atoms with Crippen LogP contribution in [-0.4, -0.2) is 39.9 Å². The Morgan fingerprint density at radius 2 is 1.83 bits per heavy atom. The van der Waals surface area contributed by atoms with Crippen molar-refractivity contribution >= 4 is 34.0 Å². The lowest BCUT2D eigenvalue weighted by Gasteiger charge is -2.20. The van der Waals surface area contributed by atoms with Crippen LogP contribution < -0.4 is 22.0 Å². The molecule has 12 heteroatoms. The first kappa shape index (κ1) is 25.3. The maximum absolute atomic E-state index is 14.1. The Bertz CT molecular complexity index is 2050. The number of aromatic nitrogens is 7. The number of fused-ring (bicyclic) bond motifs is 2. The van der Waals surface area contributed by atoms with Gasteiger partial charge in [-0.15, -0.1) is 0 Å². The zero-order valence-corrected chi connectivity index (χ0v) is 22.1. The molecule has 41 heavy (non-hydrogen) atoms. The molecule has 2 aromatic carbocycles. The number of imidazole rings is 1. The third kappa shape index (κ3) is 4.83. The Morgan fingerprint density at radius 3 is 2.61 bits per heavy atom. The summed E-state index contributed by atoms with van der Waals surface area (Å²) in [6.07, 6.45) is 4.98. The molecule has 6 aromatic rings. The van der Waals surface area contributed by atoms with Gasteiger partial charge in [0.25, 0.3) is 11.5 Å². The maximum atomic E-state index is 14.1. The van der Waals surface area contributed by atoms with E-state index in [1.54, 1.807) is 54.3 Å². The Morgan fingerprint density at radius 1 is 1.00 bits per heavy atom. The van der Waals surface area contributed by atoms with E-state index in [4.69, 9.17) is 10.7 Å². The number of carbonyl (C=O) groups excluding carboxylic acids is 1. The van der Waals surface area contributed by atoms with Gasteiger partial charge in [-0.2, -0.15) is 10.2 Å². The summed E-state index contributed by atoms with van der Waals surface area (Å²) in [5.41, 5.74) is 11.7. The summed E-state index contributed by atoms with van der Waals surface area (Å²) in [7, 11) is 1.81. The number of nitrogens with one attached hydrogen (secondary N) is 2. The van der Waals surface area contributed by atoms with E-state index in [1.807, 2.05) is 37.4 Å². The summed E-state index contributed by atoms with van der Waals surface area (Å²) in [5, 5.41) is 11.6. The minimum absolute atomic E-state index is 0.0384. The van der Waals surface area contributed by atoms with E-state index in [-0.39, 0.29) is 22.9 Å². The van der Waals surface area contributed by atoms with Gasteiger partial charge in [-0.05, 0) is 43.3 Å². The summed E-state index contributed by atoms with van der Waals surface area (Å²) >= 11 is 0. The minimum atomic E-state index is -0.727. The highest BCUT2D eigenvalue weighted by Crippen LogP contribution is 2.20. The van der Waals surface area contributed by atoms with Crippen molar-refractivity contribution in [1.29, 1.82) is 0 Å². The second-order valence-corrected chi connectivity index (χ2v) is 9.28. The van der Waals surface area contributed by atoms with E-state index >= 15 is 0 Å². The quantitative estimate of drug-likeness (QED) is 0.280. The van der Waals surface area contributed by atoms with Gasteiger partial charge in [0, 0.05) is 25.0 Å². The number of benzene rings is 2. The van der Waals surface area contributed by atoms with Gasteiger partial charge < -0.3 is 11.1 Å². The highest BCUT2D eigenvalue weighted by molar-refractivity contribution is 5.98. The molecule has 1 atom stereocenters. The molecule has 0 saturated heterocycles. The largest absolute Gasteiger partial charge is 0.382 e. The van der Waals surface area contributed by atoms with Crippen LogP contribution in [0.25, 0.3) is 16.6 Å². The van der Waals surface area contributed by atoms with E-state index in [2.05, 4.69) is 37.8 Å². The number of nitrogens with two attached hydrogens (primary N) is 1. The summed E-state index contributed by atoms with van der Waals surface area (Å²) in [6.45, 7) is 1.73. The highest BCUT2D eigenvalue weighted by atomic mass is 16.2. The molecule has 0 aliphatic rings. The molecule has 4 heterocycles. The molecule has 1 amide bonds. The topological polar surface area (TPSA) is 150 Å². The van der Waals surface area contributed by atoms with Crippen molar-refractivity contribution in [3.05, 3.63) is 112 Å². The number of rotatable bonds is 5. The third-order valence-electron chi connectivity index (χ3n) is 6.35. The van der Waals surface area contributed by atoms with Crippen LogP contribution in [0.5, 0.6) is 0 Å². The van der Waals surface area contributed by atoms with Crippen molar-refractivity contribution in [3.8, 4) is 11.8 Å². The number of para-hydroxylation sites is 1. The smallest absolute Gasteiger partial charge is 0.281 e. The Balaban J connectivity index is 1.45. The van der Waals surface area contributed by atoms with E-state index in [9.17, 15) is 9.59 Å². The van der Waals surface area contributed by atoms with Crippen molar-refractivity contribution in [1.82, 2.24) is 39.4 Å². The predicted molar refractivity (Wildman–Crippen MR) is 154 cm³/mol. The van der Waals surface area contributed by atoms with Crippen LogP contribution in [0.3, 0.4) is 0 Å². The van der Waals surface area contributed by atoms with Gasteiger partial charge in [-0.25, -0.2) is 19.2 Å². The molecule has 1 unspecified atom stereocenters. The van der Waals surface area contributed by atoms with Crippen LogP contribution in [0.2, 0.25) is 0 Å². The average molecular weight is 545 g/mol. The second kappa shape index (κ2) is 10.3. The lowest BCUT2D eigenvalue weighted by Crippen LogP contribution is -2.37. The molecule has 0 saturated carbocycles. The predicted octanol–water partition coefficient (Wildman–Crippen LogP) is 2.52. The lowest BCUT2D eigenvalue weighted by atomic mass is 10.1. The van der Waals surface area contributed by atoms with Gasteiger partial charge >= 0.3 is 0 Å². The summed E-state index contributed by atoms with van der Waals surface area (Å²) < 4.78 is 4.35. The molecule has 0 aliphatic heterocycles. The van der Waals surface area contributed by atoms with Gasteiger partial charge in [0.15, 0.2) is 23.0 Å². The van der Waals surface area contributed by atoms with E-state index < -0.39 is 11.9 Å². The van der Waals surface area contributed by atoms with Crippen LogP contribution in [0.15, 0.2) is 84.0 Å². The molecule has 0 bridgehead atoms. The summed E-state index contributed by atoms with van der Waals surface area (Å²) in [6, 6.07) is 17.2. The highest BCUT2D eigenvalue weighted by Gasteiger charge is 2.24. The molecule has 6 rings (SSSR count). The molecule has 4 N–H and O–H groups in total. The van der Waals surface area contributed by atoms with E-state index in [1.165, 1.54) is 15.4 Å². The zero-order valence-electron chi connectivity index (χ0n) is 22.1. The van der Waals surface area contributed by atoms with Gasteiger partial charge in [0.1, 0.15) is 0 Å². The fourth-order valence-electron chi connectivity index (χ4n) is 4.46. The molecule has 0 fully saturated rings. The molecule has 0 spiro atoms. The molecule has 0 aliphatic carbocycles. The fourth-order valence-corrected chi connectivity index (χ4v) is 4.46. The monoisotopic (exact) mass is 544 g/mol. The van der Waals surface area contributed by atoms with Crippen LogP contribution in [-0.2, 0) is 7.05 Å². The van der Waals surface area contributed by atoms with E-state index in [0.29, 0.717) is 33.4 Å². The molecular weight excluding hydrogens is 520 g/mol. The van der Waals surface area contributed by atoms with Crippen molar-refractivity contribution < 1.29 is 4.79 Å². The number of anilines is 2. The number of aryl methyl sites for hydroxylation is 1. The van der Waals surface area contributed by atoms with Crippen LogP contribution in [0.4, 0.5) is 11.5 Å².